The third kappa shape index (κ3) is 10.5. The fraction of sp³-hybridized carbons (Fsp3) is 0.417. The van der Waals surface area contributed by atoms with Crippen LogP contribution in [0.3, 0.4) is 0 Å². The Morgan fingerprint density at radius 1 is 0.633 bits per heavy atom. The van der Waals surface area contributed by atoms with Crippen molar-refractivity contribution in [3.8, 4) is 11.5 Å². The van der Waals surface area contributed by atoms with Gasteiger partial charge in [-0.15, -0.1) is 0 Å². The molecule has 0 radical (unpaired) electrons. The Bertz CT molecular complexity index is 672. The summed E-state index contributed by atoms with van der Waals surface area (Å²) in [7, 11) is 0. The topological polar surface area (TPSA) is 93.1 Å². The van der Waals surface area contributed by atoms with E-state index in [1.54, 1.807) is 48.5 Å². The Balaban J connectivity index is 0.000000300. The summed E-state index contributed by atoms with van der Waals surface area (Å²) in [6.07, 6.45) is 6.73. The zero-order chi connectivity index (χ0) is 22.2. The molecule has 2 aromatic rings. The average molecular weight is 417 g/mol. The van der Waals surface area contributed by atoms with Gasteiger partial charge in [0.1, 0.15) is 11.5 Å². The predicted octanol–water partition coefficient (Wildman–Crippen LogP) is 5.91. The molecule has 0 aliphatic heterocycles. The lowest BCUT2D eigenvalue weighted by molar-refractivity contribution is 0.0686. The van der Waals surface area contributed by atoms with Gasteiger partial charge in [-0.1, -0.05) is 39.5 Å². The molecule has 2 aromatic carbocycles. The van der Waals surface area contributed by atoms with Crippen molar-refractivity contribution in [2.75, 3.05) is 13.2 Å². The number of aromatic carboxylic acids is 2. The SMILES string of the molecule is CCCCCOc1ccc(C(=O)O)cc1.CCCCCOc1ccc(C(=O)O)cc1. The van der Waals surface area contributed by atoms with Crippen LogP contribution < -0.4 is 9.47 Å². The van der Waals surface area contributed by atoms with Crippen LogP contribution in [0.1, 0.15) is 73.1 Å². The number of carbonyl (C=O) groups is 2. The number of rotatable bonds is 12. The van der Waals surface area contributed by atoms with Crippen LogP contribution in [0.15, 0.2) is 48.5 Å². The van der Waals surface area contributed by atoms with Crippen molar-refractivity contribution < 1.29 is 29.3 Å². The largest absolute Gasteiger partial charge is 0.494 e. The van der Waals surface area contributed by atoms with Crippen LogP contribution in [0, 0.1) is 0 Å². The van der Waals surface area contributed by atoms with Crippen molar-refractivity contribution in [1.82, 2.24) is 0 Å². The van der Waals surface area contributed by atoms with E-state index in [0.717, 1.165) is 37.2 Å². The zero-order valence-corrected chi connectivity index (χ0v) is 17.8. The summed E-state index contributed by atoms with van der Waals surface area (Å²) in [6, 6.07) is 13.0. The monoisotopic (exact) mass is 416 g/mol. The molecule has 2 N–H and O–H groups in total. The number of benzene rings is 2. The van der Waals surface area contributed by atoms with Gasteiger partial charge in [0.25, 0.3) is 0 Å². The van der Waals surface area contributed by atoms with E-state index in [-0.39, 0.29) is 11.1 Å². The molecule has 0 aromatic heterocycles. The highest BCUT2D eigenvalue weighted by atomic mass is 16.5. The van der Waals surface area contributed by atoms with E-state index in [1.807, 2.05) is 0 Å². The molecule has 6 nitrogen and oxygen atoms in total. The zero-order valence-electron chi connectivity index (χ0n) is 17.8. The van der Waals surface area contributed by atoms with E-state index in [2.05, 4.69) is 13.8 Å². The van der Waals surface area contributed by atoms with Gasteiger partial charge in [-0.3, -0.25) is 0 Å². The Kier molecular flexibility index (Phi) is 12.4. The van der Waals surface area contributed by atoms with Crippen LogP contribution in [0.25, 0.3) is 0 Å². The molecule has 0 aliphatic carbocycles. The minimum atomic E-state index is -0.910. The minimum absolute atomic E-state index is 0.288. The molecule has 164 valence electrons. The molecule has 0 heterocycles. The highest BCUT2D eigenvalue weighted by molar-refractivity contribution is 5.88. The second-order valence-corrected chi connectivity index (χ2v) is 6.77. The number of unbranched alkanes of at least 4 members (excludes halogenated alkanes) is 4. The van der Waals surface area contributed by atoms with E-state index in [0.29, 0.717) is 13.2 Å². The Labute approximate surface area is 178 Å². The molecule has 0 unspecified atom stereocenters. The smallest absolute Gasteiger partial charge is 0.335 e. The van der Waals surface area contributed by atoms with Crippen molar-refractivity contribution in [3.05, 3.63) is 59.7 Å². The normalized spacial score (nSPS) is 9.93. The standard InChI is InChI=1S/2C12H16O3/c2*1-2-3-4-9-15-11-7-5-10(6-8-11)12(13)14/h2*5-8H,2-4,9H2,1H3,(H,13,14). The van der Waals surface area contributed by atoms with Crippen LogP contribution in [0.2, 0.25) is 0 Å². The van der Waals surface area contributed by atoms with Gasteiger partial charge in [-0.2, -0.15) is 0 Å². The van der Waals surface area contributed by atoms with Crippen LogP contribution in [0.5, 0.6) is 11.5 Å². The number of hydrogen-bond donors (Lipinski definition) is 2. The van der Waals surface area contributed by atoms with Gasteiger partial charge in [0.15, 0.2) is 0 Å². The Morgan fingerprint density at radius 3 is 1.23 bits per heavy atom. The number of ether oxygens (including phenoxy) is 2. The van der Waals surface area contributed by atoms with E-state index >= 15 is 0 Å². The summed E-state index contributed by atoms with van der Waals surface area (Å²) in [5.41, 5.74) is 0.576. The van der Waals surface area contributed by atoms with Gasteiger partial charge < -0.3 is 19.7 Å². The van der Waals surface area contributed by atoms with Gasteiger partial charge in [0.2, 0.25) is 0 Å². The number of carboxylic acid groups (broad SMARTS) is 2. The summed E-state index contributed by atoms with van der Waals surface area (Å²) in [5, 5.41) is 17.4. The molecule has 0 saturated heterocycles. The number of carboxylic acids is 2. The molecule has 2 rings (SSSR count). The van der Waals surface area contributed by atoms with Crippen LogP contribution in [-0.2, 0) is 0 Å². The van der Waals surface area contributed by atoms with Crippen LogP contribution in [0.4, 0.5) is 0 Å². The van der Waals surface area contributed by atoms with Gasteiger partial charge in [-0.25, -0.2) is 9.59 Å². The molecule has 0 aliphatic rings. The second-order valence-electron chi connectivity index (χ2n) is 6.77. The predicted molar refractivity (Wildman–Crippen MR) is 117 cm³/mol. The number of hydrogen-bond acceptors (Lipinski definition) is 4. The van der Waals surface area contributed by atoms with Gasteiger partial charge in [0, 0.05) is 0 Å². The van der Waals surface area contributed by atoms with Gasteiger partial charge in [-0.05, 0) is 61.4 Å². The molecular weight excluding hydrogens is 384 g/mol. The van der Waals surface area contributed by atoms with E-state index < -0.39 is 11.9 Å². The highest BCUT2D eigenvalue weighted by Gasteiger charge is 2.02. The first-order chi connectivity index (χ1) is 14.5. The summed E-state index contributed by atoms with van der Waals surface area (Å²) in [5.74, 6) is -0.354. The maximum Gasteiger partial charge on any atom is 0.335 e. The summed E-state index contributed by atoms with van der Waals surface area (Å²) < 4.78 is 10.9. The molecule has 0 amide bonds. The van der Waals surface area contributed by atoms with E-state index in [4.69, 9.17) is 19.7 Å². The Morgan fingerprint density at radius 2 is 0.967 bits per heavy atom. The highest BCUT2D eigenvalue weighted by Crippen LogP contribution is 2.13. The third-order valence-corrected chi connectivity index (χ3v) is 4.24. The van der Waals surface area contributed by atoms with E-state index in [9.17, 15) is 9.59 Å². The van der Waals surface area contributed by atoms with Crippen molar-refractivity contribution in [2.45, 2.75) is 52.4 Å². The molecule has 0 atom stereocenters. The fourth-order valence-corrected chi connectivity index (χ4v) is 2.47. The molecule has 0 bridgehead atoms. The van der Waals surface area contributed by atoms with Crippen LogP contribution in [-0.4, -0.2) is 35.4 Å². The lowest BCUT2D eigenvalue weighted by Gasteiger charge is -2.05. The van der Waals surface area contributed by atoms with Crippen LogP contribution >= 0.6 is 0 Å². The van der Waals surface area contributed by atoms with Crippen molar-refractivity contribution in [3.63, 3.8) is 0 Å². The van der Waals surface area contributed by atoms with E-state index in [1.165, 1.54) is 12.8 Å². The first-order valence-electron chi connectivity index (χ1n) is 10.4. The molecule has 30 heavy (non-hydrogen) atoms. The molecule has 0 spiro atoms. The summed E-state index contributed by atoms with van der Waals surface area (Å²) >= 11 is 0. The maximum atomic E-state index is 10.6. The average Bonchev–Trinajstić information content (AvgIpc) is 2.75. The lowest BCUT2D eigenvalue weighted by Crippen LogP contribution is -1.99. The molecule has 0 fully saturated rings. The van der Waals surface area contributed by atoms with Crippen molar-refractivity contribution >= 4 is 11.9 Å². The minimum Gasteiger partial charge on any atom is -0.494 e. The lowest BCUT2D eigenvalue weighted by atomic mass is 10.2. The molecule has 6 heteroatoms. The first-order valence-corrected chi connectivity index (χ1v) is 10.4. The maximum absolute atomic E-state index is 10.6. The molecular formula is C24H32O6. The van der Waals surface area contributed by atoms with Crippen molar-refractivity contribution in [2.24, 2.45) is 0 Å². The second kappa shape index (κ2) is 14.9. The first kappa shape index (κ1) is 25.0. The fourth-order valence-electron chi connectivity index (χ4n) is 2.47. The van der Waals surface area contributed by atoms with Gasteiger partial charge in [0.05, 0.1) is 24.3 Å². The molecule has 0 saturated carbocycles. The van der Waals surface area contributed by atoms with Crippen molar-refractivity contribution in [1.29, 1.82) is 0 Å². The summed E-state index contributed by atoms with van der Waals surface area (Å²) in [6.45, 7) is 5.67. The summed E-state index contributed by atoms with van der Waals surface area (Å²) in [4.78, 5) is 21.1. The quantitative estimate of drug-likeness (QED) is 0.418. The Hall–Kier alpha value is -3.02. The third-order valence-electron chi connectivity index (χ3n) is 4.24. The van der Waals surface area contributed by atoms with Gasteiger partial charge >= 0.3 is 11.9 Å².